The van der Waals surface area contributed by atoms with E-state index in [2.05, 4.69) is 5.32 Å². The minimum atomic E-state index is -0.351. The highest BCUT2D eigenvalue weighted by atomic mass is 16.6. The fourth-order valence-corrected chi connectivity index (χ4v) is 2.13. The van der Waals surface area contributed by atoms with E-state index in [1.807, 2.05) is 20.8 Å². The molecule has 1 aliphatic rings. The van der Waals surface area contributed by atoms with Gasteiger partial charge in [0.05, 0.1) is 0 Å². The monoisotopic (exact) mass is 240 g/mol. The van der Waals surface area contributed by atoms with Crippen LogP contribution in [0, 0.1) is 0 Å². The van der Waals surface area contributed by atoms with E-state index in [4.69, 9.17) is 4.74 Å². The molecule has 0 aromatic rings. The van der Waals surface area contributed by atoms with Crippen LogP contribution in [0.4, 0.5) is 0 Å². The summed E-state index contributed by atoms with van der Waals surface area (Å²) in [5.41, 5.74) is -0.351. The third-order valence-corrected chi connectivity index (χ3v) is 2.92. The van der Waals surface area contributed by atoms with Crippen LogP contribution < -0.4 is 5.32 Å². The average molecular weight is 240 g/mol. The number of hydrogen-bond donors (Lipinski definition) is 0. The quantitative estimate of drug-likeness (QED) is 0.547. The number of unbranched alkanes of at least 4 members (excludes halogenated alkanes) is 1. The van der Waals surface area contributed by atoms with Crippen molar-refractivity contribution in [2.75, 3.05) is 6.54 Å². The zero-order chi connectivity index (χ0) is 12.7. The third kappa shape index (κ3) is 7.37. The topological polar surface area (TPSA) is 40.4 Å². The molecule has 0 N–H and O–H groups in total. The van der Waals surface area contributed by atoms with Crippen LogP contribution in [0.3, 0.4) is 0 Å². The molecule has 0 spiro atoms. The van der Waals surface area contributed by atoms with E-state index >= 15 is 0 Å². The molecule has 3 nitrogen and oxygen atoms in total. The second kappa shape index (κ2) is 7.00. The number of ether oxygens (including phenoxy) is 1. The molecule has 0 saturated carbocycles. The largest absolute Gasteiger partial charge is 0.460 e. The summed E-state index contributed by atoms with van der Waals surface area (Å²) in [4.78, 5) is 11.5. The summed E-state index contributed by atoms with van der Waals surface area (Å²) in [7, 11) is 0. The molecule has 1 atom stereocenters. The van der Waals surface area contributed by atoms with E-state index in [0.717, 1.165) is 25.8 Å². The summed E-state index contributed by atoms with van der Waals surface area (Å²) in [6.45, 7) is 6.76. The predicted octanol–water partition coefficient (Wildman–Crippen LogP) is 3.05. The van der Waals surface area contributed by atoms with Crippen molar-refractivity contribution in [3.05, 3.63) is 0 Å². The normalized spacial score (nSPS) is 21.2. The Balaban J connectivity index is 2.01. The summed E-state index contributed by atoms with van der Waals surface area (Å²) >= 11 is 0. The maximum atomic E-state index is 11.5. The van der Waals surface area contributed by atoms with Gasteiger partial charge in [-0.05, 0) is 46.5 Å². The van der Waals surface area contributed by atoms with Crippen LogP contribution in [-0.4, -0.2) is 24.2 Å². The van der Waals surface area contributed by atoms with Crippen LogP contribution >= 0.6 is 0 Å². The van der Waals surface area contributed by atoms with Gasteiger partial charge in [0.15, 0.2) is 0 Å². The number of esters is 1. The number of nitrogens with zero attached hydrogens (tertiary/aromatic N) is 1. The van der Waals surface area contributed by atoms with Crippen molar-refractivity contribution in [1.29, 1.82) is 0 Å². The fraction of sp³-hybridized carbons (Fsp3) is 0.929. The lowest BCUT2D eigenvalue weighted by molar-refractivity contribution is -0.154. The third-order valence-electron chi connectivity index (χ3n) is 2.92. The molecule has 17 heavy (non-hydrogen) atoms. The lowest BCUT2D eigenvalue weighted by atomic mass is 9.99. The highest BCUT2D eigenvalue weighted by Gasteiger charge is 2.16. The second-order valence-corrected chi connectivity index (χ2v) is 5.89. The van der Waals surface area contributed by atoms with Crippen LogP contribution in [0.25, 0.3) is 0 Å². The Hall–Kier alpha value is -0.570. The van der Waals surface area contributed by atoms with Crippen molar-refractivity contribution in [2.24, 2.45) is 0 Å². The molecule has 1 rings (SSSR count). The van der Waals surface area contributed by atoms with E-state index in [1.54, 1.807) is 0 Å². The molecule has 0 bridgehead atoms. The lowest BCUT2D eigenvalue weighted by Gasteiger charge is -2.21. The number of carbonyl (C=O) groups is 1. The van der Waals surface area contributed by atoms with Gasteiger partial charge in [-0.25, -0.2) is 5.32 Å². The van der Waals surface area contributed by atoms with Crippen molar-refractivity contribution >= 4 is 5.97 Å². The van der Waals surface area contributed by atoms with Crippen LogP contribution in [0.5, 0.6) is 0 Å². The molecular weight excluding hydrogens is 214 g/mol. The molecule has 1 saturated heterocycles. The van der Waals surface area contributed by atoms with E-state index in [-0.39, 0.29) is 11.6 Å². The molecule has 3 heteroatoms. The van der Waals surface area contributed by atoms with Gasteiger partial charge in [0.2, 0.25) is 0 Å². The molecule has 0 aromatic heterocycles. The Morgan fingerprint density at radius 3 is 2.65 bits per heavy atom. The second-order valence-electron chi connectivity index (χ2n) is 5.89. The SMILES string of the molecule is CC(C)(C)OC(=O)CCCCC1CCCC[N]1. The maximum absolute atomic E-state index is 11.5. The van der Waals surface area contributed by atoms with Crippen molar-refractivity contribution < 1.29 is 9.53 Å². The summed E-state index contributed by atoms with van der Waals surface area (Å²) in [5, 5.41) is 4.59. The zero-order valence-electron chi connectivity index (χ0n) is 11.5. The Morgan fingerprint density at radius 2 is 2.06 bits per heavy atom. The molecule has 1 fully saturated rings. The van der Waals surface area contributed by atoms with Gasteiger partial charge < -0.3 is 4.74 Å². The van der Waals surface area contributed by atoms with E-state index < -0.39 is 0 Å². The van der Waals surface area contributed by atoms with Gasteiger partial charge in [-0.1, -0.05) is 12.8 Å². The van der Waals surface area contributed by atoms with Crippen LogP contribution in [0.15, 0.2) is 0 Å². The van der Waals surface area contributed by atoms with Gasteiger partial charge in [0.1, 0.15) is 5.60 Å². The van der Waals surface area contributed by atoms with Crippen molar-refractivity contribution in [2.45, 2.75) is 77.4 Å². The van der Waals surface area contributed by atoms with E-state index in [0.29, 0.717) is 12.5 Å². The fourth-order valence-electron chi connectivity index (χ4n) is 2.13. The zero-order valence-corrected chi connectivity index (χ0v) is 11.5. The molecule has 1 heterocycles. The Kier molecular flexibility index (Phi) is 5.96. The first kappa shape index (κ1) is 14.5. The maximum Gasteiger partial charge on any atom is 0.306 e. The number of rotatable bonds is 5. The molecule has 0 aliphatic carbocycles. The molecule has 1 aliphatic heterocycles. The summed E-state index contributed by atoms with van der Waals surface area (Å²) in [6, 6.07) is 0.558. The number of carbonyl (C=O) groups excluding carboxylic acids is 1. The first-order valence-corrected chi connectivity index (χ1v) is 6.86. The summed E-state index contributed by atoms with van der Waals surface area (Å²) in [5.74, 6) is -0.0712. The van der Waals surface area contributed by atoms with Crippen LogP contribution in [0.1, 0.15) is 65.7 Å². The summed E-state index contributed by atoms with van der Waals surface area (Å²) in [6.07, 6.45) is 7.53. The van der Waals surface area contributed by atoms with Gasteiger partial charge in [0, 0.05) is 19.0 Å². The van der Waals surface area contributed by atoms with Gasteiger partial charge in [-0.3, -0.25) is 4.79 Å². The van der Waals surface area contributed by atoms with Gasteiger partial charge in [-0.15, -0.1) is 0 Å². The molecule has 1 unspecified atom stereocenters. The first-order chi connectivity index (χ1) is 7.97. The van der Waals surface area contributed by atoms with E-state index in [1.165, 1.54) is 19.3 Å². The Labute approximate surface area is 105 Å². The standard InChI is InChI=1S/C14H26NO2/c1-14(2,3)17-13(16)10-5-4-8-12-9-6-7-11-15-12/h12H,4-11H2,1-3H3. The predicted molar refractivity (Wildman–Crippen MR) is 69.0 cm³/mol. The Bertz CT molecular complexity index is 227. The van der Waals surface area contributed by atoms with Crippen LogP contribution in [0.2, 0.25) is 0 Å². The van der Waals surface area contributed by atoms with Gasteiger partial charge in [-0.2, -0.15) is 0 Å². The van der Waals surface area contributed by atoms with Crippen molar-refractivity contribution in [1.82, 2.24) is 5.32 Å². The Morgan fingerprint density at radius 1 is 1.29 bits per heavy atom. The highest BCUT2D eigenvalue weighted by molar-refractivity contribution is 5.69. The summed E-state index contributed by atoms with van der Waals surface area (Å²) < 4.78 is 5.27. The smallest absolute Gasteiger partial charge is 0.306 e. The average Bonchev–Trinajstić information content (AvgIpc) is 2.23. The number of piperidine rings is 1. The lowest BCUT2D eigenvalue weighted by Crippen LogP contribution is -2.27. The molecular formula is C14H26NO2. The number of hydrogen-bond acceptors (Lipinski definition) is 2. The molecule has 1 radical (unpaired) electrons. The molecule has 99 valence electrons. The van der Waals surface area contributed by atoms with E-state index in [9.17, 15) is 4.79 Å². The minimum Gasteiger partial charge on any atom is -0.460 e. The van der Waals surface area contributed by atoms with Crippen molar-refractivity contribution in [3.63, 3.8) is 0 Å². The highest BCUT2D eigenvalue weighted by Crippen LogP contribution is 2.16. The van der Waals surface area contributed by atoms with Crippen LogP contribution in [-0.2, 0) is 9.53 Å². The van der Waals surface area contributed by atoms with Crippen molar-refractivity contribution in [3.8, 4) is 0 Å². The molecule has 0 aromatic carbocycles. The van der Waals surface area contributed by atoms with Gasteiger partial charge >= 0.3 is 5.97 Å². The first-order valence-electron chi connectivity index (χ1n) is 6.86. The molecule has 0 amide bonds. The minimum absolute atomic E-state index is 0.0712. The van der Waals surface area contributed by atoms with Gasteiger partial charge in [0.25, 0.3) is 0 Å².